The highest BCUT2D eigenvalue weighted by Gasteiger charge is 2.05. The zero-order valence-corrected chi connectivity index (χ0v) is 19.9. The number of thiophene rings is 2. The maximum Gasteiger partial charge on any atom is 0.147 e. The fourth-order valence-corrected chi connectivity index (χ4v) is 5.01. The van der Waals surface area contributed by atoms with Crippen LogP contribution in [0.5, 0.6) is 0 Å². The molecule has 2 N–H and O–H groups in total. The Bertz CT molecular complexity index is 1350. The average Bonchev–Trinajstić information content (AvgIpc) is 3.58. The maximum atomic E-state index is 4.28. The summed E-state index contributed by atoms with van der Waals surface area (Å²) in [5.74, 6) is 1.82. The summed E-state index contributed by atoms with van der Waals surface area (Å²) in [6, 6.07) is 24.6. The van der Waals surface area contributed by atoms with Crippen molar-refractivity contribution in [1.29, 1.82) is 0 Å². The smallest absolute Gasteiger partial charge is 0.147 e. The molecule has 4 heterocycles. The molecule has 6 nitrogen and oxygen atoms in total. The van der Waals surface area contributed by atoms with Gasteiger partial charge in [0, 0.05) is 13.1 Å². The normalized spacial score (nSPS) is 10.6. The summed E-state index contributed by atoms with van der Waals surface area (Å²) < 4.78 is 2.23. The van der Waals surface area contributed by atoms with E-state index in [4.69, 9.17) is 0 Å². The van der Waals surface area contributed by atoms with Crippen LogP contribution < -0.4 is 10.6 Å². The zero-order chi connectivity index (χ0) is 23.0. The molecule has 0 aliphatic carbocycles. The van der Waals surface area contributed by atoms with Gasteiger partial charge >= 0.3 is 0 Å². The van der Waals surface area contributed by atoms with Gasteiger partial charge in [-0.05, 0) is 34.0 Å². The lowest BCUT2D eigenvalue weighted by Gasteiger charge is -2.05. The molecular weight excluding hydrogens is 460 g/mol. The molecule has 8 heteroatoms. The Hall–Kier alpha value is -3.88. The van der Waals surface area contributed by atoms with E-state index < -0.39 is 0 Å². The monoisotopic (exact) mass is 482 g/mol. The highest BCUT2D eigenvalue weighted by Crippen LogP contribution is 2.26. The van der Waals surface area contributed by atoms with Gasteiger partial charge < -0.3 is 10.6 Å². The molecule has 0 amide bonds. The van der Waals surface area contributed by atoms with Crippen LogP contribution >= 0.6 is 22.7 Å². The lowest BCUT2D eigenvalue weighted by atomic mass is 10.2. The van der Waals surface area contributed by atoms with Crippen molar-refractivity contribution in [3.63, 3.8) is 0 Å². The summed E-state index contributed by atoms with van der Waals surface area (Å²) in [6.45, 7) is 1.57. The van der Waals surface area contributed by atoms with E-state index in [2.05, 4.69) is 54.8 Å². The maximum absolute atomic E-state index is 4.28. The highest BCUT2D eigenvalue weighted by atomic mass is 32.1. The molecule has 0 bridgehead atoms. The molecule has 4 aromatic heterocycles. The van der Waals surface area contributed by atoms with E-state index in [1.807, 2.05) is 59.3 Å². The Morgan fingerprint density at radius 3 is 1.41 bits per heavy atom. The predicted molar refractivity (Wildman–Crippen MR) is 142 cm³/mol. The second-order valence-electron chi connectivity index (χ2n) is 7.39. The lowest BCUT2D eigenvalue weighted by Crippen LogP contribution is -2.01. The number of rotatable bonds is 6. The van der Waals surface area contributed by atoms with Crippen LogP contribution in [-0.2, 0) is 13.1 Å². The van der Waals surface area contributed by atoms with E-state index in [9.17, 15) is 0 Å². The van der Waals surface area contributed by atoms with Gasteiger partial charge in [-0.3, -0.25) is 0 Å². The van der Waals surface area contributed by atoms with Crippen LogP contribution in [0.3, 0.4) is 0 Å². The van der Waals surface area contributed by atoms with Crippen molar-refractivity contribution in [2.24, 2.45) is 0 Å². The van der Waals surface area contributed by atoms with Crippen LogP contribution in [0, 0.1) is 0 Å². The second kappa shape index (κ2) is 10.8. The summed E-state index contributed by atoms with van der Waals surface area (Å²) in [5.41, 5.74) is 4.49. The largest absolute Gasteiger partial charge is 0.365 e. The Balaban J connectivity index is 0.000000142. The van der Waals surface area contributed by atoms with Gasteiger partial charge in [0.05, 0.1) is 20.4 Å². The molecule has 0 aliphatic rings. The first kappa shape index (κ1) is 21.9. The topological polar surface area (TPSA) is 75.6 Å². The molecule has 0 saturated carbocycles. The number of aromatic nitrogens is 4. The number of fused-ring (bicyclic) bond motifs is 2. The molecule has 6 rings (SSSR count). The Kier molecular flexibility index (Phi) is 6.99. The van der Waals surface area contributed by atoms with E-state index in [-0.39, 0.29) is 0 Å². The van der Waals surface area contributed by atoms with E-state index >= 15 is 0 Å². The van der Waals surface area contributed by atoms with Crippen molar-refractivity contribution in [2.45, 2.75) is 13.1 Å². The molecule has 0 atom stereocenters. The van der Waals surface area contributed by atoms with Gasteiger partial charge in [-0.1, -0.05) is 60.7 Å². The standard InChI is InChI=1S/2C13H11N3S/c2*1-2-4-10(5-3-1)8-14-13-12-11(6-7-17-12)15-9-16-13/h2*1-7,9H,8H2,(H,14,15,16). The van der Waals surface area contributed by atoms with Gasteiger partial charge in [-0.25, -0.2) is 19.9 Å². The van der Waals surface area contributed by atoms with E-state index in [1.165, 1.54) is 11.1 Å². The van der Waals surface area contributed by atoms with Crippen LogP contribution in [-0.4, -0.2) is 19.9 Å². The van der Waals surface area contributed by atoms with Crippen LogP contribution in [0.2, 0.25) is 0 Å². The van der Waals surface area contributed by atoms with Crippen LogP contribution in [0.15, 0.2) is 96.2 Å². The van der Waals surface area contributed by atoms with Crippen LogP contribution in [0.4, 0.5) is 11.6 Å². The van der Waals surface area contributed by atoms with Crippen molar-refractivity contribution in [3.8, 4) is 0 Å². The number of hydrogen-bond acceptors (Lipinski definition) is 8. The molecule has 0 unspecified atom stereocenters. The van der Waals surface area contributed by atoms with Gasteiger partial charge in [-0.2, -0.15) is 0 Å². The minimum atomic E-state index is 0.783. The van der Waals surface area contributed by atoms with Gasteiger partial charge in [0.15, 0.2) is 0 Å². The third-order valence-corrected chi connectivity index (χ3v) is 6.91. The minimum absolute atomic E-state index is 0.783. The van der Waals surface area contributed by atoms with Gasteiger partial charge in [0.25, 0.3) is 0 Å². The number of hydrogen-bond donors (Lipinski definition) is 2. The number of benzene rings is 2. The molecule has 0 saturated heterocycles. The van der Waals surface area contributed by atoms with Gasteiger partial charge in [0.1, 0.15) is 24.3 Å². The number of nitrogens with one attached hydrogen (secondary N) is 2. The fourth-order valence-electron chi connectivity index (χ4n) is 3.39. The molecule has 168 valence electrons. The van der Waals surface area contributed by atoms with E-state index in [0.717, 1.165) is 45.2 Å². The first-order valence-electron chi connectivity index (χ1n) is 10.8. The van der Waals surface area contributed by atoms with Crippen molar-refractivity contribution in [2.75, 3.05) is 10.6 Å². The molecule has 6 aromatic rings. The molecule has 0 fully saturated rings. The third-order valence-electron chi connectivity index (χ3n) is 5.09. The van der Waals surface area contributed by atoms with E-state index in [1.54, 1.807) is 35.3 Å². The SMILES string of the molecule is c1ccc(CNc2ncnc3ccsc23)cc1.c1ccc(CNc2ncnc3ccsc23)cc1. The Morgan fingerprint density at radius 1 is 0.529 bits per heavy atom. The summed E-state index contributed by atoms with van der Waals surface area (Å²) in [4.78, 5) is 17.0. The van der Waals surface area contributed by atoms with Crippen LogP contribution in [0.1, 0.15) is 11.1 Å². The van der Waals surface area contributed by atoms with Crippen molar-refractivity contribution < 1.29 is 0 Å². The van der Waals surface area contributed by atoms with E-state index in [0.29, 0.717) is 0 Å². The summed E-state index contributed by atoms with van der Waals surface area (Å²) in [7, 11) is 0. The minimum Gasteiger partial charge on any atom is -0.365 e. The summed E-state index contributed by atoms with van der Waals surface area (Å²) in [5, 5.41) is 10.8. The molecular formula is C26H22N6S2. The molecule has 2 aromatic carbocycles. The molecule has 34 heavy (non-hydrogen) atoms. The summed E-state index contributed by atoms with van der Waals surface area (Å²) in [6.07, 6.45) is 3.20. The van der Waals surface area contributed by atoms with Crippen molar-refractivity contribution in [1.82, 2.24) is 19.9 Å². The molecule has 0 aliphatic heterocycles. The second-order valence-corrected chi connectivity index (χ2v) is 9.23. The van der Waals surface area contributed by atoms with Crippen LogP contribution in [0.25, 0.3) is 20.4 Å². The fraction of sp³-hybridized carbons (Fsp3) is 0.0769. The number of anilines is 2. The first-order valence-corrected chi connectivity index (χ1v) is 12.5. The van der Waals surface area contributed by atoms with Crippen molar-refractivity contribution in [3.05, 3.63) is 107 Å². The molecule has 0 spiro atoms. The third kappa shape index (κ3) is 5.36. The van der Waals surface area contributed by atoms with Crippen molar-refractivity contribution >= 4 is 54.7 Å². The first-order chi connectivity index (χ1) is 16.9. The quantitative estimate of drug-likeness (QED) is 0.278. The summed E-state index contributed by atoms with van der Waals surface area (Å²) >= 11 is 3.32. The Morgan fingerprint density at radius 2 is 0.971 bits per heavy atom. The number of nitrogens with zero attached hydrogens (tertiary/aromatic N) is 4. The molecule has 0 radical (unpaired) electrons. The lowest BCUT2D eigenvalue weighted by molar-refractivity contribution is 1.11. The Labute approximate surface area is 205 Å². The van der Waals surface area contributed by atoms with Gasteiger partial charge in [-0.15, -0.1) is 22.7 Å². The predicted octanol–water partition coefficient (Wildman–Crippen LogP) is 6.61. The highest BCUT2D eigenvalue weighted by molar-refractivity contribution is 7.18. The average molecular weight is 483 g/mol. The zero-order valence-electron chi connectivity index (χ0n) is 18.3. The van der Waals surface area contributed by atoms with Gasteiger partial charge in [0.2, 0.25) is 0 Å².